The lowest BCUT2D eigenvalue weighted by molar-refractivity contribution is -0.384. The van der Waals surface area contributed by atoms with Crippen molar-refractivity contribution >= 4 is 40.1 Å². The third kappa shape index (κ3) is 4.64. The minimum atomic E-state index is -0.471. The SMILES string of the molecule is CN1CCN(c2cc3[nH]c(=O)[nH]c3cc2NC(=O)/C=C/c2ccc([N+](=O)[O-])cc2)CC1. The predicted molar refractivity (Wildman–Crippen MR) is 119 cm³/mol. The van der Waals surface area contributed by atoms with Crippen molar-refractivity contribution in [1.82, 2.24) is 14.9 Å². The van der Waals surface area contributed by atoms with Crippen LogP contribution in [0.1, 0.15) is 5.56 Å². The van der Waals surface area contributed by atoms with E-state index in [9.17, 15) is 19.7 Å². The fraction of sp³-hybridized carbons (Fsp3) is 0.238. The largest absolute Gasteiger partial charge is 0.367 e. The number of amides is 1. The van der Waals surface area contributed by atoms with Gasteiger partial charge in [0.25, 0.3) is 5.69 Å². The Balaban J connectivity index is 1.57. The first-order valence-electron chi connectivity index (χ1n) is 9.82. The maximum absolute atomic E-state index is 12.6. The number of H-pyrrole nitrogens is 2. The molecule has 0 saturated carbocycles. The predicted octanol–water partition coefficient (Wildman–Crippen LogP) is 2.17. The Labute approximate surface area is 177 Å². The van der Waals surface area contributed by atoms with E-state index in [-0.39, 0.29) is 17.3 Å². The molecule has 10 nitrogen and oxygen atoms in total. The number of carbonyl (C=O) groups is 1. The number of non-ortho nitro benzene ring substituents is 1. The number of imidazole rings is 1. The fourth-order valence-electron chi connectivity index (χ4n) is 3.53. The van der Waals surface area contributed by atoms with Crippen molar-refractivity contribution in [1.29, 1.82) is 0 Å². The summed E-state index contributed by atoms with van der Waals surface area (Å²) in [5, 5.41) is 13.6. The highest BCUT2D eigenvalue weighted by atomic mass is 16.6. The monoisotopic (exact) mass is 422 g/mol. The molecule has 0 spiro atoms. The molecule has 1 amide bonds. The number of benzene rings is 2. The summed E-state index contributed by atoms with van der Waals surface area (Å²) in [5.74, 6) is -0.342. The van der Waals surface area contributed by atoms with Crippen LogP contribution in [0.3, 0.4) is 0 Å². The molecule has 3 N–H and O–H groups in total. The van der Waals surface area contributed by atoms with Gasteiger partial charge in [0, 0.05) is 44.4 Å². The summed E-state index contributed by atoms with van der Waals surface area (Å²) in [5.41, 5.74) is 3.09. The van der Waals surface area contributed by atoms with E-state index in [2.05, 4.69) is 32.1 Å². The number of carbonyl (C=O) groups excluding carboxylic acids is 1. The molecule has 1 aliphatic heterocycles. The lowest BCUT2D eigenvalue weighted by atomic mass is 10.1. The van der Waals surface area contributed by atoms with Crippen LogP contribution in [-0.2, 0) is 4.79 Å². The molecule has 4 rings (SSSR count). The maximum atomic E-state index is 12.6. The van der Waals surface area contributed by atoms with Crippen molar-refractivity contribution in [2.45, 2.75) is 0 Å². The summed E-state index contributed by atoms with van der Waals surface area (Å²) in [4.78, 5) is 44.5. The van der Waals surface area contributed by atoms with E-state index in [0.717, 1.165) is 31.9 Å². The number of hydrogen-bond donors (Lipinski definition) is 3. The van der Waals surface area contributed by atoms with Crippen molar-refractivity contribution in [3.05, 3.63) is 68.6 Å². The Morgan fingerprint density at radius 1 is 1.10 bits per heavy atom. The topological polar surface area (TPSA) is 127 Å². The second-order valence-electron chi connectivity index (χ2n) is 7.46. The summed E-state index contributed by atoms with van der Waals surface area (Å²) < 4.78 is 0. The van der Waals surface area contributed by atoms with E-state index in [4.69, 9.17) is 0 Å². The maximum Gasteiger partial charge on any atom is 0.323 e. The number of piperazine rings is 1. The Bertz CT molecular complexity index is 1200. The summed E-state index contributed by atoms with van der Waals surface area (Å²) >= 11 is 0. The number of likely N-dealkylation sites (N-methyl/N-ethyl adjacent to an activating group) is 1. The molecular weight excluding hydrogens is 400 g/mol. The first-order chi connectivity index (χ1) is 14.9. The number of nitrogens with zero attached hydrogens (tertiary/aromatic N) is 3. The zero-order chi connectivity index (χ0) is 22.0. The van der Waals surface area contributed by atoms with Crippen LogP contribution in [0.25, 0.3) is 17.1 Å². The minimum Gasteiger partial charge on any atom is -0.367 e. The van der Waals surface area contributed by atoms with Gasteiger partial charge in [-0.2, -0.15) is 0 Å². The van der Waals surface area contributed by atoms with Gasteiger partial charge in [0.1, 0.15) is 0 Å². The van der Waals surface area contributed by atoms with Gasteiger partial charge in [0.2, 0.25) is 5.91 Å². The second kappa shape index (κ2) is 8.44. The van der Waals surface area contributed by atoms with Gasteiger partial charge >= 0.3 is 5.69 Å². The normalized spacial score (nSPS) is 14.9. The van der Waals surface area contributed by atoms with Gasteiger partial charge in [-0.3, -0.25) is 14.9 Å². The van der Waals surface area contributed by atoms with Crippen LogP contribution in [0.2, 0.25) is 0 Å². The molecule has 0 aliphatic carbocycles. The van der Waals surface area contributed by atoms with Crippen LogP contribution >= 0.6 is 0 Å². The molecule has 1 saturated heterocycles. The summed E-state index contributed by atoms with van der Waals surface area (Å²) in [7, 11) is 2.07. The van der Waals surface area contributed by atoms with Crippen LogP contribution in [0.5, 0.6) is 0 Å². The molecule has 2 aromatic carbocycles. The number of rotatable bonds is 5. The quantitative estimate of drug-likeness (QED) is 0.329. The Hall–Kier alpha value is -3.92. The number of aromatic amines is 2. The minimum absolute atomic E-state index is 0.00721. The number of fused-ring (bicyclic) bond motifs is 1. The fourth-order valence-corrected chi connectivity index (χ4v) is 3.53. The lowest BCUT2D eigenvalue weighted by Crippen LogP contribution is -2.44. The lowest BCUT2D eigenvalue weighted by Gasteiger charge is -2.35. The number of hydrogen-bond acceptors (Lipinski definition) is 6. The Morgan fingerprint density at radius 2 is 1.74 bits per heavy atom. The molecule has 0 bridgehead atoms. The molecule has 0 atom stereocenters. The summed E-state index contributed by atoms with van der Waals surface area (Å²) in [6, 6.07) is 9.55. The van der Waals surface area contributed by atoms with Crippen LogP contribution in [-0.4, -0.2) is 58.9 Å². The molecule has 1 fully saturated rings. The van der Waals surface area contributed by atoms with E-state index in [1.807, 2.05) is 6.07 Å². The van der Waals surface area contributed by atoms with Crippen molar-refractivity contribution < 1.29 is 9.72 Å². The second-order valence-corrected chi connectivity index (χ2v) is 7.46. The standard InChI is InChI=1S/C21H22N6O4/c1-25-8-10-26(11-9-25)19-13-17-16(23-21(29)24-17)12-18(19)22-20(28)7-4-14-2-5-15(6-3-14)27(30)31/h2-7,12-13H,8-11H2,1H3,(H,22,28)(H2,23,24,29)/b7-4+. The third-order valence-corrected chi connectivity index (χ3v) is 5.27. The molecule has 2 heterocycles. The van der Waals surface area contributed by atoms with Gasteiger partial charge in [0.15, 0.2) is 0 Å². The van der Waals surface area contributed by atoms with Crippen LogP contribution in [0.4, 0.5) is 17.1 Å². The highest BCUT2D eigenvalue weighted by Gasteiger charge is 2.19. The first-order valence-corrected chi connectivity index (χ1v) is 9.82. The molecule has 1 aliphatic rings. The molecule has 31 heavy (non-hydrogen) atoms. The van der Waals surface area contributed by atoms with Gasteiger partial charge in [-0.1, -0.05) is 0 Å². The molecule has 0 radical (unpaired) electrons. The van der Waals surface area contributed by atoms with Gasteiger partial charge in [-0.15, -0.1) is 0 Å². The number of aromatic nitrogens is 2. The molecule has 1 aromatic heterocycles. The van der Waals surface area contributed by atoms with Crippen LogP contribution in [0, 0.1) is 10.1 Å². The average molecular weight is 422 g/mol. The van der Waals surface area contributed by atoms with Crippen molar-refractivity contribution in [2.24, 2.45) is 0 Å². The van der Waals surface area contributed by atoms with Gasteiger partial charge < -0.3 is 25.1 Å². The molecule has 10 heteroatoms. The number of anilines is 2. The van der Waals surface area contributed by atoms with Crippen molar-refractivity contribution in [2.75, 3.05) is 43.4 Å². The zero-order valence-corrected chi connectivity index (χ0v) is 16.9. The van der Waals surface area contributed by atoms with Crippen LogP contribution < -0.4 is 15.9 Å². The van der Waals surface area contributed by atoms with Crippen molar-refractivity contribution in [3.63, 3.8) is 0 Å². The highest BCUT2D eigenvalue weighted by molar-refractivity contribution is 6.05. The summed E-state index contributed by atoms with van der Waals surface area (Å²) in [6.45, 7) is 3.40. The van der Waals surface area contributed by atoms with Gasteiger partial charge in [-0.25, -0.2) is 4.79 Å². The Kier molecular flexibility index (Phi) is 5.54. The van der Waals surface area contributed by atoms with E-state index < -0.39 is 4.92 Å². The van der Waals surface area contributed by atoms with Gasteiger partial charge in [-0.05, 0) is 43.0 Å². The van der Waals surface area contributed by atoms with Crippen molar-refractivity contribution in [3.8, 4) is 0 Å². The zero-order valence-electron chi connectivity index (χ0n) is 16.9. The Morgan fingerprint density at radius 3 is 2.39 bits per heavy atom. The number of nitrogens with one attached hydrogen (secondary N) is 3. The average Bonchev–Trinajstić information content (AvgIpc) is 3.11. The highest BCUT2D eigenvalue weighted by Crippen LogP contribution is 2.30. The number of nitro benzene ring substituents is 1. The van der Waals surface area contributed by atoms with E-state index in [1.165, 1.54) is 18.2 Å². The van der Waals surface area contributed by atoms with E-state index in [0.29, 0.717) is 22.3 Å². The molecule has 3 aromatic rings. The summed E-state index contributed by atoms with van der Waals surface area (Å²) in [6.07, 6.45) is 2.96. The molecule has 0 unspecified atom stereocenters. The first kappa shape index (κ1) is 20.4. The van der Waals surface area contributed by atoms with E-state index in [1.54, 1.807) is 24.3 Å². The molecule has 160 valence electrons. The molecular formula is C21H22N6O4. The smallest absolute Gasteiger partial charge is 0.323 e. The van der Waals surface area contributed by atoms with Gasteiger partial charge in [0.05, 0.1) is 27.3 Å². The van der Waals surface area contributed by atoms with Crippen LogP contribution in [0.15, 0.2) is 47.3 Å². The number of nitro groups is 1. The van der Waals surface area contributed by atoms with E-state index >= 15 is 0 Å². The third-order valence-electron chi connectivity index (χ3n) is 5.27.